The van der Waals surface area contributed by atoms with E-state index in [-0.39, 0.29) is 6.04 Å². The average Bonchev–Trinajstić information content (AvgIpc) is 2.67. The van der Waals surface area contributed by atoms with Crippen molar-refractivity contribution in [3.63, 3.8) is 0 Å². The molecule has 154 valence electrons. The van der Waals surface area contributed by atoms with Gasteiger partial charge in [0, 0.05) is 46.9 Å². The van der Waals surface area contributed by atoms with Crippen molar-refractivity contribution in [1.82, 2.24) is 20.4 Å². The smallest absolute Gasteiger partial charge is 0.191 e. The van der Waals surface area contributed by atoms with Crippen LogP contribution < -0.4 is 15.4 Å². The Morgan fingerprint density at radius 3 is 2.33 bits per heavy atom. The van der Waals surface area contributed by atoms with E-state index in [0.29, 0.717) is 0 Å². The molecule has 0 saturated carbocycles. The highest BCUT2D eigenvalue weighted by Crippen LogP contribution is 2.20. The molecule has 1 aromatic rings. The van der Waals surface area contributed by atoms with Gasteiger partial charge in [-0.1, -0.05) is 12.1 Å². The number of hydrogen-bond acceptors (Lipinski definition) is 5. The van der Waals surface area contributed by atoms with Gasteiger partial charge in [0.2, 0.25) is 0 Å². The summed E-state index contributed by atoms with van der Waals surface area (Å²) in [6.07, 6.45) is 1.05. The highest BCUT2D eigenvalue weighted by atomic mass is 16.5. The average molecular weight is 380 g/mol. The molecule has 0 aliphatic heterocycles. The highest BCUT2D eigenvalue weighted by molar-refractivity contribution is 5.79. The van der Waals surface area contributed by atoms with Crippen LogP contribution in [0, 0.1) is 0 Å². The third-order valence-electron chi connectivity index (χ3n) is 4.48. The summed E-state index contributed by atoms with van der Waals surface area (Å²) < 4.78 is 10.3. The number of aliphatic imine (C=N–C) groups is 1. The van der Waals surface area contributed by atoms with Crippen LogP contribution in [0.4, 0.5) is 0 Å². The Morgan fingerprint density at radius 1 is 1.07 bits per heavy atom. The number of nitrogens with zero attached hydrogens (tertiary/aromatic N) is 3. The Hall–Kier alpha value is -1.83. The summed E-state index contributed by atoms with van der Waals surface area (Å²) in [6, 6.07) is 8.45. The first-order valence-electron chi connectivity index (χ1n) is 9.44. The summed E-state index contributed by atoms with van der Waals surface area (Å²) in [5.74, 6) is 1.69. The van der Waals surface area contributed by atoms with E-state index in [0.717, 1.165) is 50.9 Å². The molecule has 7 nitrogen and oxygen atoms in total. The van der Waals surface area contributed by atoms with Gasteiger partial charge in [0.25, 0.3) is 0 Å². The minimum Gasteiger partial charge on any atom is -0.497 e. The lowest BCUT2D eigenvalue weighted by Gasteiger charge is -2.26. The third-order valence-corrected chi connectivity index (χ3v) is 4.48. The van der Waals surface area contributed by atoms with Crippen molar-refractivity contribution in [2.24, 2.45) is 4.99 Å². The van der Waals surface area contributed by atoms with Crippen molar-refractivity contribution in [3.8, 4) is 5.75 Å². The largest absolute Gasteiger partial charge is 0.497 e. The summed E-state index contributed by atoms with van der Waals surface area (Å²) in [5.41, 5.74) is 1.24. The molecule has 0 aromatic heterocycles. The van der Waals surface area contributed by atoms with E-state index in [1.807, 2.05) is 12.1 Å². The Labute approximate surface area is 164 Å². The summed E-state index contributed by atoms with van der Waals surface area (Å²) in [7, 11) is 11.5. The number of hydrogen-bond donors (Lipinski definition) is 2. The van der Waals surface area contributed by atoms with Crippen LogP contribution in [0.2, 0.25) is 0 Å². The van der Waals surface area contributed by atoms with Gasteiger partial charge in [-0.25, -0.2) is 0 Å². The maximum absolute atomic E-state index is 5.25. The lowest BCUT2D eigenvalue weighted by Crippen LogP contribution is -2.44. The van der Waals surface area contributed by atoms with Gasteiger partial charge in [-0.05, 0) is 45.3 Å². The van der Waals surface area contributed by atoms with E-state index in [1.165, 1.54) is 5.56 Å². The van der Waals surface area contributed by atoms with Gasteiger partial charge >= 0.3 is 0 Å². The van der Waals surface area contributed by atoms with Gasteiger partial charge in [0.05, 0.1) is 13.2 Å². The molecule has 1 rings (SSSR count). The molecule has 0 spiro atoms. The molecule has 27 heavy (non-hydrogen) atoms. The van der Waals surface area contributed by atoms with Crippen LogP contribution in [0.3, 0.4) is 0 Å². The maximum Gasteiger partial charge on any atom is 0.191 e. The van der Waals surface area contributed by atoms with E-state index in [2.05, 4.69) is 58.7 Å². The molecule has 1 aromatic carbocycles. The molecule has 7 heteroatoms. The first kappa shape index (κ1) is 23.2. The van der Waals surface area contributed by atoms with Crippen LogP contribution in [0.1, 0.15) is 18.0 Å². The summed E-state index contributed by atoms with van der Waals surface area (Å²) in [5, 5.41) is 6.81. The first-order valence-corrected chi connectivity index (χ1v) is 9.44. The van der Waals surface area contributed by atoms with Crippen molar-refractivity contribution in [2.75, 3.05) is 75.2 Å². The Morgan fingerprint density at radius 2 is 1.78 bits per heavy atom. The van der Waals surface area contributed by atoms with E-state index in [9.17, 15) is 0 Å². The van der Waals surface area contributed by atoms with Gasteiger partial charge in [-0.3, -0.25) is 4.99 Å². The third kappa shape index (κ3) is 9.08. The molecule has 0 radical (unpaired) electrons. The molecule has 0 aliphatic carbocycles. The Bertz CT molecular complexity index is 534. The highest BCUT2D eigenvalue weighted by Gasteiger charge is 2.14. The Balaban J connectivity index is 2.45. The maximum atomic E-state index is 5.25. The van der Waals surface area contributed by atoms with Crippen molar-refractivity contribution in [1.29, 1.82) is 0 Å². The molecule has 0 heterocycles. The molecule has 0 bridgehead atoms. The number of rotatable bonds is 12. The molecule has 0 amide bonds. The number of benzene rings is 1. The van der Waals surface area contributed by atoms with Crippen LogP contribution >= 0.6 is 0 Å². The van der Waals surface area contributed by atoms with Gasteiger partial charge in [0.15, 0.2) is 5.96 Å². The summed E-state index contributed by atoms with van der Waals surface area (Å²) in [6.45, 7) is 4.40. The van der Waals surface area contributed by atoms with Gasteiger partial charge < -0.3 is 29.9 Å². The predicted molar refractivity (Wildman–Crippen MR) is 113 cm³/mol. The molecular weight excluding hydrogens is 342 g/mol. The lowest BCUT2D eigenvalue weighted by atomic mass is 10.1. The number of ether oxygens (including phenoxy) is 2. The summed E-state index contributed by atoms with van der Waals surface area (Å²) in [4.78, 5) is 8.82. The van der Waals surface area contributed by atoms with Crippen molar-refractivity contribution < 1.29 is 9.47 Å². The fraction of sp³-hybridized carbons (Fsp3) is 0.650. The topological polar surface area (TPSA) is 61.4 Å². The fourth-order valence-electron chi connectivity index (χ4n) is 2.79. The quantitative estimate of drug-likeness (QED) is 0.325. The van der Waals surface area contributed by atoms with Crippen LogP contribution in [0.15, 0.2) is 29.3 Å². The van der Waals surface area contributed by atoms with Crippen molar-refractivity contribution in [3.05, 3.63) is 29.8 Å². The van der Waals surface area contributed by atoms with E-state index < -0.39 is 0 Å². The van der Waals surface area contributed by atoms with Gasteiger partial charge in [-0.2, -0.15) is 0 Å². The zero-order valence-corrected chi connectivity index (χ0v) is 17.8. The number of nitrogens with one attached hydrogen (secondary N) is 2. The van der Waals surface area contributed by atoms with Crippen molar-refractivity contribution >= 4 is 5.96 Å². The predicted octanol–water partition coefficient (Wildman–Crippen LogP) is 1.43. The van der Waals surface area contributed by atoms with Gasteiger partial charge in [0.1, 0.15) is 5.75 Å². The molecule has 0 aliphatic rings. The second kappa shape index (κ2) is 13.4. The van der Waals surface area contributed by atoms with E-state index in [4.69, 9.17) is 9.47 Å². The standard InChI is InChI=1S/C20H37N5O2/c1-21-20(22-12-14-25(4)13-7-15-26-5)23-16-19(24(2)3)17-8-10-18(27-6)11-9-17/h8-11,19H,7,12-16H2,1-6H3,(H2,21,22,23). The molecule has 1 unspecified atom stereocenters. The zero-order chi connectivity index (χ0) is 20.1. The Kier molecular flexibility index (Phi) is 11.5. The molecule has 0 fully saturated rings. The number of likely N-dealkylation sites (N-methyl/N-ethyl adjacent to an activating group) is 2. The van der Waals surface area contributed by atoms with Gasteiger partial charge in [-0.15, -0.1) is 0 Å². The van der Waals surface area contributed by atoms with Crippen LogP contribution in [0.5, 0.6) is 5.75 Å². The number of methoxy groups -OCH3 is 2. The second-order valence-electron chi connectivity index (χ2n) is 6.78. The summed E-state index contributed by atoms with van der Waals surface area (Å²) >= 11 is 0. The molecular formula is C20H37N5O2. The fourth-order valence-corrected chi connectivity index (χ4v) is 2.79. The normalized spacial score (nSPS) is 13.1. The van der Waals surface area contributed by atoms with Crippen LogP contribution in [0.25, 0.3) is 0 Å². The molecule has 1 atom stereocenters. The lowest BCUT2D eigenvalue weighted by molar-refractivity contribution is 0.180. The van der Waals surface area contributed by atoms with E-state index in [1.54, 1.807) is 21.3 Å². The minimum absolute atomic E-state index is 0.242. The molecule has 2 N–H and O–H groups in total. The van der Waals surface area contributed by atoms with E-state index >= 15 is 0 Å². The van der Waals surface area contributed by atoms with Crippen molar-refractivity contribution in [2.45, 2.75) is 12.5 Å². The van der Waals surface area contributed by atoms with Crippen LogP contribution in [-0.4, -0.2) is 91.0 Å². The number of guanidine groups is 1. The SMILES string of the molecule is CN=C(NCCN(C)CCCOC)NCC(c1ccc(OC)cc1)N(C)C. The van der Waals surface area contributed by atoms with Crippen LogP contribution in [-0.2, 0) is 4.74 Å². The minimum atomic E-state index is 0.242. The second-order valence-corrected chi connectivity index (χ2v) is 6.78. The molecule has 0 saturated heterocycles. The first-order chi connectivity index (χ1) is 13.0. The zero-order valence-electron chi connectivity index (χ0n) is 17.8. The monoisotopic (exact) mass is 379 g/mol.